The first-order valence-electron chi connectivity index (χ1n) is 5.63. The van der Waals surface area contributed by atoms with Crippen LogP contribution in [0.4, 0.5) is 0 Å². The van der Waals surface area contributed by atoms with Gasteiger partial charge in [0.15, 0.2) is 0 Å². The Morgan fingerprint density at radius 1 is 1.22 bits per heavy atom. The molecule has 0 atom stereocenters. The van der Waals surface area contributed by atoms with E-state index >= 15 is 0 Å². The van der Waals surface area contributed by atoms with Gasteiger partial charge < -0.3 is 5.11 Å². The van der Waals surface area contributed by atoms with Crippen molar-refractivity contribution in [1.82, 2.24) is 14.8 Å². The lowest BCUT2D eigenvalue weighted by Crippen LogP contribution is -2.02. The third kappa shape index (κ3) is 1.88. The predicted octanol–water partition coefficient (Wildman–Crippen LogP) is 2.11. The number of carboxylic acids is 1. The Hall–Kier alpha value is -2.17. The highest BCUT2D eigenvalue weighted by molar-refractivity contribution is 5.89. The minimum Gasteiger partial charge on any atom is -0.478 e. The second-order valence-electron chi connectivity index (χ2n) is 4.30. The van der Waals surface area contributed by atoms with Crippen LogP contribution in [0.5, 0.6) is 0 Å². The van der Waals surface area contributed by atoms with E-state index in [4.69, 9.17) is 5.11 Å². The van der Waals surface area contributed by atoms with Gasteiger partial charge in [0.25, 0.3) is 0 Å². The summed E-state index contributed by atoms with van der Waals surface area (Å²) in [6, 6.07) is 3.32. The number of carboxylic acid groups (broad SMARTS) is 1. The van der Waals surface area contributed by atoms with Crippen LogP contribution in [-0.2, 0) is 7.05 Å². The maximum atomic E-state index is 11.0. The number of aryl methyl sites for hydroxylation is 3. The van der Waals surface area contributed by atoms with Gasteiger partial charge in [-0.3, -0.25) is 9.67 Å². The fraction of sp³-hybridized carbons (Fsp3) is 0.308. The van der Waals surface area contributed by atoms with Crippen LogP contribution in [0.2, 0.25) is 0 Å². The van der Waals surface area contributed by atoms with Crippen LogP contribution < -0.4 is 0 Å². The molecule has 0 fully saturated rings. The van der Waals surface area contributed by atoms with Gasteiger partial charge >= 0.3 is 5.97 Å². The van der Waals surface area contributed by atoms with E-state index in [0.717, 1.165) is 22.6 Å². The van der Waals surface area contributed by atoms with Crippen molar-refractivity contribution < 1.29 is 9.90 Å². The third-order valence-corrected chi connectivity index (χ3v) is 3.08. The Morgan fingerprint density at radius 3 is 2.33 bits per heavy atom. The predicted molar refractivity (Wildman–Crippen MR) is 67.6 cm³/mol. The van der Waals surface area contributed by atoms with Crippen molar-refractivity contribution in [2.75, 3.05) is 0 Å². The highest BCUT2D eigenvalue weighted by atomic mass is 16.4. The number of aromatic nitrogens is 3. The summed E-state index contributed by atoms with van der Waals surface area (Å²) in [5, 5.41) is 13.3. The van der Waals surface area contributed by atoms with Gasteiger partial charge in [0.2, 0.25) is 0 Å². The average molecular weight is 245 g/mol. The zero-order valence-electron chi connectivity index (χ0n) is 10.9. The molecule has 0 unspecified atom stereocenters. The Balaban J connectivity index is 2.59. The SMILES string of the molecule is Cc1nc(-c2c(C)nn(C)c2C)ccc1C(=O)O. The molecule has 0 saturated carbocycles. The Morgan fingerprint density at radius 2 is 1.89 bits per heavy atom. The maximum absolute atomic E-state index is 11.0. The average Bonchev–Trinajstić information content (AvgIpc) is 2.52. The Kier molecular flexibility index (Phi) is 2.90. The summed E-state index contributed by atoms with van der Waals surface area (Å²) in [4.78, 5) is 15.3. The second kappa shape index (κ2) is 4.25. The lowest BCUT2D eigenvalue weighted by molar-refractivity contribution is 0.0695. The summed E-state index contributed by atoms with van der Waals surface area (Å²) in [5.74, 6) is -0.953. The van der Waals surface area contributed by atoms with E-state index in [0.29, 0.717) is 5.69 Å². The number of hydrogen-bond donors (Lipinski definition) is 1. The molecule has 2 aromatic heterocycles. The standard InChI is InChI=1S/C13H15N3O2/c1-7-10(13(17)18)5-6-11(14-7)12-8(2)15-16(4)9(12)3/h5-6H,1-4H3,(H,17,18). The quantitative estimate of drug-likeness (QED) is 0.879. The zero-order chi connectivity index (χ0) is 13.4. The van der Waals surface area contributed by atoms with Gasteiger partial charge in [0.1, 0.15) is 0 Å². The molecule has 18 heavy (non-hydrogen) atoms. The van der Waals surface area contributed by atoms with E-state index in [2.05, 4.69) is 10.1 Å². The van der Waals surface area contributed by atoms with Crippen molar-refractivity contribution in [2.24, 2.45) is 7.05 Å². The molecule has 0 spiro atoms. The summed E-state index contributed by atoms with van der Waals surface area (Å²) in [5.41, 5.74) is 4.39. The van der Waals surface area contributed by atoms with Crippen molar-refractivity contribution in [3.8, 4) is 11.3 Å². The van der Waals surface area contributed by atoms with E-state index in [1.54, 1.807) is 23.7 Å². The van der Waals surface area contributed by atoms with Crippen molar-refractivity contribution in [3.05, 3.63) is 34.8 Å². The fourth-order valence-electron chi connectivity index (χ4n) is 2.07. The number of hydrogen-bond acceptors (Lipinski definition) is 3. The van der Waals surface area contributed by atoms with Gasteiger partial charge in [-0.05, 0) is 32.9 Å². The van der Waals surface area contributed by atoms with E-state index in [-0.39, 0.29) is 5.56 Å². The minimum absolute atomic E-state index is 0.234. The molecule has 2 rings (SSSR count). The number of pyridine rings is 1. The molecule has 1 N–H and O–H groups in total. The Bertz CT molecular complexity index is 629. The van der Waals surface area contributed by atoms with Gasteiger partial charge in [-0.1, -0.05) is 0 Å². The first-order chi connectivity index (χ1) is 8.41. The molecular weight excluding hydrogens is 230 g/mol. The molecule has 2 aromatic rings. The summed E-state index contributed by atoms with van der Waals surface area (Å²) in [6.45, 7) is 5.59. The van der Waals surface area contributed by atoms with Crippen molar-refractivity contribution in [1.29, 1.82) is 0 Å². The first-order valence-corrected chi connectivity index (χ1v) is 5.63. The second-order valence-corrected chi connectivity index (χ2v) is 4.30. The highest BCUT2D eigenvalue weighted by Crippen LogP contribution is 2.25. The summed E-state index contributed by atoms with van der Waals surface area (Å²) >= 11 is 0. The monoisotopic (exact) mass is 245 g/mol. The van der Waals surface area contributed by atoms with Crippen LogP contribution in [0.3, 0.4) is 0 Å². The number of carbonyl (C=O) groups is 1. The van der Waals surface area contributed by atoms with Crippen LogP contribution in [0.15, 0.2) is 12.1 Å². The topological polar surface area (TPSA) is 68.0 Å². The summed E-state index contributed by atoms with van der Waals surface area (Å²) < 4.78 is 1.80. The molecule has 0 aliphatic heterocycles. The number of nitrogens with zero attached hydrogens (tertiary/aromatic N) is 3. The van der Waals surface area contributed by atoms with Gasteiger partial charge in [-0.25, -0.2) is 4.79 Å². The third-order valence-electron chi connectivity index (χ3n) is 3.08. The molecule has 5 nitrogen and oxygen atoms in total. The molecule has 0 aliphatic rings. The molecule has 2 heterocycles. The van der Waals surface area contributed by atoms with Crippen LogP contribution in [0.1, 0.15) is 27.4 Å². The number of rotatable bonds is 2. The highest BCUT2D eigenvalue weighted by Gasteiger charge is 2.15. The smallest absolute Gasteiger partial charge is 0.337 e. The largest absolute Gasteiger partial charge is 0.478 e. The lowest BCUT2D eigenvalue weighted by Gasteiger charge is -2.05. The van der Waals surface area contributed by atoms with Gasteiger partial charge in [-0.15, -0.1) is 0 Å². The number of aromatic carboxylic acids is 1. The van der Waals surface area contributed by atoms with Crippen molar-refractivity contribution in [3.63, 3.8) is 0 Å². The molecular formula is C13H15N3O2. The van der Waals surface area contributed by atoms with E-state index in [1.165, 1.54) is 0 Å². The van der Waals surface area contributed by atoms with E-state index in [1.807, 2.05) is 20.9 Å². The summed E-state index contributed by atoms with van der Waals surface area (Å²) in [7, 11) is 1.88. The molecule has 0 radical (unpaired) electrons. The van der Waals surface area contributed by atoms with Gasteiger partial charge in [0, 0.05) is 18.3 Å². The van der Waals surface area contributed by atoms with Crippen LogP contribution in [0.25, 0.3) is 11.3 Å². The van der Waals surface area contributed by atoms with E-state index < -0.39 is 5.97 Å². The van der Waals surface area contributed by atoms with Crippen LogP contribution >= 0.6 is 0 Å². The minimum atomic E-state index is -0.953. The van der Waals surface area contributed by atoms with Crippen molar-refractivity contribution >= 4 is 5.97 Å². The molecule has 0 aliphatic carbocycles. The first kappa shape index (κ1) is 12.3. The van der Waals surface area contributed by atoms with Crippen LogP contribution in [0, 0.1) is 20.8 Å². The van der Waals surface area contributed by atoms with Crippen molar-refractivity contribution in [2.45, 2.75) is 20.8 Å². The zero-order valence-corrected chi connectivity index (χ0v) is 10.9. The molecule has 0 aromatic carbocycles. The van der Waals surface area contributed by atoms with E-state index in [9.17, 15) is 4.79 Å². The van der Waals surface area contributed by atoms with Gasteiger partial charge in [0.05, 0.1) is 22.6 Å². The fourth-order valence-corrected chi connectivity index (χ4v) is 2.07. The molecule has 0 saturated heterocycles. The van der Waals surface area contributed by atoms with Gasteiger partial charge in [-0.2, -0.15) is 5.10 Å². The normalized spacial score (nSPS) is 10.7. The maximum Gasteiger partial charge on any atom is 0.337 e. The Labute approximate surface area is 105 Å². The molecule has 94 valence electrons. The van der Waals surface area contributed by atoms with Crippen LogP contribution in [-0.4, -0.2) is 25.8 Å². The lowest BCUT2D eigenvalue weighted by atomic mass is 10.1. The summed E-state index contributed by atoms with van der Waals surface area (Å²) in [6.07, 6.45) is 0. The molecule has 0 bridgehead atoms. The molecule has 0 amide bonds. The molecule has 5 heteroatoms.